The SMILES string of the molecule is CCOC(=O)COc1cccc(N[C]=O)c1. The van der Waals surface area contributed by atoms with Gasteiger partial charge in [-0.3, -0.25) is 4.79 Å². The Kier molecular flexibility index (Phi) is 4.85. The quantitative estimate of drug-likeness (QED) is 0.578. The first kappa shape index (κ1) is 12.0. The number of hydrogen-bond donors (Lipinski definition) is 1. The number of rotatable bonds is 6. The molecule has 0 aromatic heterocycles. The molecule has 5 heteroatoms. The Morgan fingerprint density at radius 3 is 3.00 bits per heavy atom. The molecule has 0 saturated carbocycles. The Hall–Kier alpha value is -2.04. The van der Waals surface area contributed by atoms with E-state index in [0.29, 0.717) is 18.0 Å². The summed E-state index contributed by atoms with van der Waals surface area (Å²) in [5.74, 6) is 0.0520. The summed E-state index contributed by atoms with van der Waals surface area (Å²) < 4.78 is 9.86. The van der Waals surface area contributed by atoms with Crippen LogP contribution in [0.4, 0.5) is 5.69 Å². The van der Waals surface area contributed by atoms with E-state index < -0.39 is 5.97 Å². The first-order chi connectivity index (χ1) is 7.76. The lowest BCUT2D eigenvalue weighted by Crippen LogP contribution is -2.14. The number of benzene rings is 1. The van der Waals surface area contributed by atoms with Gasteiger partial charge in [0, 0.05) is 11.8 Å². The zero-order chi connectivity index (χ0) is 11.8. The third kappa shape index (κ3) is 4.00. The van der Waals surface area contributed by atoms with Crippen LogP contribution in [0, 0.1) is 0 Å². The van der Waals surface area contributed by atoms with E-state index in [9.17, 15) is 9.59 Å². The van der Waals surface area contributed by atoms with Gasteiger partial charge < -0.3 is 14.8 Å². The van der Waals surface area contributed by atoms with Gasteiger partial charge in [-0.25, -0.2) is 4.79 Å². The molecule has 1 N–H and O–H groups in total. The van der Waals surface area contributed by atoms with Gasteiger partial charge >= 0.3 is 12.4 Å². The predicted molar refractivity (Wildman–Crippen MR) is 57.9 cm³/mol. The second-order valence-corrected chi connectivity index (χ2v) is 2.85. The minimum atomic E-state index is -0.428. The van der Waals surface area contributed by atoms with Crippen LogP contribution in [0.25, 0.3) is 0 Å². The molecule has 0 aliphatic rings. The molecule has 5 nitrogen and oxygen atoms in total. The number of hydrogen-bond acceptors (Lipinski definition) is 4. The third-order valence-corrected chi connectivity index (χ3v) is 1.69. The van der Waals surface area contributed by atoms with E-state index >= 15 is 0 Å². The second-order valence-electron chi connectivity index (χ2n) is 2.85. The van der Waals surface area contributed by atoms with Gasteiger partial charge in [-0.1, -0.05) is 6.07 Å². The number of carbonyl (C=O) groups excluding carboxylic acids is 2. The zero-order valence-electron chi connectivity index (χ0n) is 8.86. The molecule has 0 unspecified atom stereocenters. The number of anilines is 1. The van der Waals surface area contributed by atoms with Crippen molar-refractivity contribution in [2.45, 2.75) is 6.92 Å². The van der Waals surface area contributed by atoms with Crippen LogP contribution in [0.1, 0.15) is 6.92 Å². The highest BCUT2D eigenvalue weighted by Crippen LogP contribution is 2.16. The highest BCUT2D eigenvalue weighted by molar-refractivity contribution is 5.73. The van der Waals surface area contributed by atoms with E-state index in [4.69, 9.17) is 9.47 Å². The molecule has 0 aliphatic heterocycles. The molecule has 0 aliphatic carbocycles. The van der Waals surface area contributed by atoms with Gasteiger partial charge in [-0.15, -0.1) is 0 Å². The lowest BCUT2D eigenvalue weighted by Gasteiger charge is -2.06. The number of nitrogens with one attached hydrogen (secondary N) is 1. The van der Waals surface area contributed by atoms with E-state index in [2.05, 4.69) is 5.32 Å². The highest BCUT2D eigenvalue weighted by Gasteiger charge is 2.03. The fourth-order valence-electron chi connectivity index (χ4n) is 1.07. The van der Waals surface area contributed by atoms with Gasteiger partial charge in [-0.2, -0.15) is 0 Å². The minimum absolute atomic E-state index is 0.151. The van der Waals surface area contributed by atoms with Gasteiger partial charge in [0.15, 0.2) is 6.61 Å². The fourth-order valence-corrected chi connectivity index (χ4v) is 1.07. The van der Waals surface area contributed by atoms with Crippen molar-refractivity contribution >= 4 is 18.1 Å². The number of esters is 1. The summed E-state index contributed by atoms with van der Waals surface area (Å²) in [5.41, 5.74) is 0.552. The third-order valence-electron chi connectivity index (χ3n) is 1.69. The van der Waals surface area contributed by atoms with E-state index in [1.807, 2.05) is 0 Å². The van der Waals surface area contributed by atoms with E-state index in [0.717, 1.165) is 0 Å². The Balaban J connectivity index is 2.50. The Labute approximate surface area is 93.4 Å². The van der Waals surface area contributed by atoms with Gasteiger partial charge in [0.1, 0.15) is 5.75 Å². The average Bonchev–Trinajstić information content (AvgIpc) is 2.28. The first-order valence-corrected chi connectivity index (χ1v) is 4.78. The molecule has 0 saturated heterocycles. The maximum absolute atomic E-state index is 11.0. The molecule has 1 amide bonds. The van der Waals surface area contributed by atoms with Crippen LogP contribution in [0.3, 0.4) is 0 Å². The van der Waals surface area contributed by atoms with Crippen molar-refractivity contribution in [2.24, 2.45) is 0 Å². The molecule has 0 fully saturated rings. The molecule has 85 valence electrons. The van der Waals surface area contributed by atoms with Crippen LogP contribution in [-0.2, 0) is 14.3 Å². The van der Waals surface area contributed by atoms with Crippen LogP contribution >= 0.6 is 0 Å². The van der Waals surface area contributed by atoms with Gasteiger partial charge in [-0.05, 0) is 19.1 Å². The summed E-state index contributed by atoms with van der Waals surface area (Å²) in [5, 5.41) is 2.36. The second kappa shape index (κ2) is 6.44. The Morgan fingerprint density at radius 2 is 2.31 bits per heavy atom. The molecule has 0 spiro atoms. The van der Waals surface area contributed by atoms with Crippen LogP contribution in [0.15, 0.2) is 24.3 Å². The summed E-state index contributed by atoms with van der Waals surface area (Å²) in [6.07, 6.45) is 1.55. The van der Waals surface area contributed by atoms with Crippen molar-refractivity contribution in [3.8, 4) is 5.75 Å². The lowest BCUT2D eigenvalue weighted by molar-refractivity contribution is -0.145. The smallest absolute Gasteiger partial charge is 0.344 e. The fraction of sp³-hybridized carbons (Fsp3) is 0.273. The molecule has 0 bridgehead atoms. The van der Waals surface area contributed by atoms with Crippen molar-refractivity contribution in [3.63, 3.8) is 0 Å². The molecule has 1 aromatic carbocycles. The number of amides is 1. The summed E-state index contributed by atoms with van der Waals surface area (Å²) in [4.78, 5) is 21.1. The summed E-state index contributed by atoms with van der Waals surface area (Å²) in [6.45, 7) is 1.90. The average molecular weight is 222 g/mol. The Morgan fingerprint density at radius 1 is 1.50 bits per heavy atom. The minimum Gasteiger partial charge on any atom is -0.482 e. The largest absolute Gasteiger partial charge is 0.482 e. The number of carbonyl (C=O) groups is 1. The van der Waals surface area contributed by atoms with Crippen LogP contribution in [0.2, 0.25) is 0 Å². The molecule has 0 heterocycles. The van der Waals surface area contributed by atoms with Gasteiger partial charge in [0.2, 0.25) is 0 Å². The maximum atomic E-state index is 11.0. The lowest BCUT2D eigenvalue weighted by atomic mass is 10.3. The van der Waals surface area contributed by atoms with Crippen molar-refractivity contribution in [2.75, 3.05) is 18.5 Å². The predicted octanol–water partition coefficient (Wildman–Crippen LogP) is 1.11. The van der Waals surface area contributed by atoms with Gasteiger partial charge in [0.25, 0.3) is 0 Å². The topological polar surface area (TPSA) is 64.6 Å². The van der Waals surface area contributed by atoms with Crippen molar-refractivity contribution in [1.29, 1.82) is 0 Å². The van der Waals surface area contributed by atoms with E-state index in [-0.39, 0.29) is 6.61 Å². The monoisotopic (exact) mass is 222 g/mol. The molecule has 0 atom stereocenters. The van der Waals surface area contributed by atoms with Crippen LogP contribution < -0.4 is 10.1 Å². The molecule has 1 rings (SSSR count). The molecule has 1 radical (unpaired) electrons. The van der Waals surface area contributed by atoms with Crippen molar-refractivity contribution in [3.05, 3.63) is 24.3 Å². The van der Waals surface area contributed by atoms with Gasteiger partial charge in [0.05, 0.1) is 6.61 Å². The van der Waals surface area contributed by atoms with Crippen LogP contribution in [-0.4, -0.2) is 25.6 Å². The van der Waals surface area contributed by atoms with Crippen molar-refractivity contribution in [1.82, 2.24) is 0 Å². The van der Waals surface area contributed by atoms with E-state index in [1.54, 1.807) is 37.6 Å². The summed E-state index contributed by atoms with van der Waals surface area (Å²) >= 11 is 0. The standard InChI is InChI=1S/C11H12NO4/c1-2-15-11(14)7-16-10-5-3-4-9(6-10)12-8-13/h3-6H,2,7H2,1H3,(H,12,13). The van der Waals surface area contributed by atoms with E-state index in [1.165, 1.54) is 0 Å². The maximum Gasteiger partial charge on any atom is 0.344 e. The van der Waals surface area contributed by atoms with Crippen molar-refractivity contribution < 1.29 is 19.1 Å². The molecule has 16 heavy (non-hydrogen) atoms. The Bertz CT molecular complexity index is 365. The zero-order valence-corrected chi connectivity index (χ0v) is 8.86. The summed E-state index contributed by atoms with van der Waals surface area (Å²) in [7, 11) is 0. The molecular weight excluding hydrogens is 210 g/mol. The molecular formula is C11H12NO4. The summed E-state index contributed by atoms with van der Waals surface area (Å²) in [6, 6.07) is 6.64. The van der Waals surface area contributed by atoms with Crippen LogP contribution in [0.5, 0.6) is 5.75 Å². The highest BCUT2D eigenvalue weighted by atomic mass is 16.6. The normalized spacial score (nSPS) is 9.31. The number of ether oxygens (including phenoxy) is 2. The first-order valence-electron chi connectivity index (χ1n) is 4.78. The molecule has 1 aromatic rings.